The van der Waals surface area contributed by atoms with Crippen LogP contribution in [0.4, 0.5) is 4.39 Å². The molecule has 0 aliphatic carbocycles. The first-order valence-corrected chi connectivity index (χ1v) is 11.3. The van der Waals surface area contributed by atoms with Gasteiger partial charge in [0.25, 0.3) is 0 Å². The lowest BCUT2D eigenvalue weighted by molar-refractivity contribution is 0.461. The van der Waals surface area contributed by atoms with Crippen molar-refractivity contribution in [2.24, 2.45) is 7.05 Å². The molecule has 3 heterocycles. The highest BCUT2D eigenvalue weighted by Gasteiger charge is 2.18. The Morgan fingerprint density at radius 3 is 2.69 bits per heavy atom. The molecular formula is C27H22FN7O. The van der Waals surface area contributed by atoms with E-state index in [9.17, 15) is 5.26 Å². The van der Waals surface area contributed by atoms with Gasteiger partial charge in [-0.25, -0.2) is 14.1 Å². The van der Waals surface area contributed by atoms with Crippen LogP contribution in [-0.2, 0) is 7.05 Å². The van der Waals surface area contributed by atoms with E-state index < -0.39 is 5.82 Å². The summed E-state index contributed by atoms with van der Waals surface area (Å²) in [6, 6.07) is 17.2. The van der Waals surface area contributed by atoms with Crippen LogP contribution in [0.15, 0.2) is 73.2 Å². The molecule has 0 amide bonds. The second-order valence-electron chi connectivity index (χ2n) is 8.55. The molecule has 0 unspecified atom stereocenters. The second kappa shape index (κ2) is 9.43. The molecule has 5 aromatic rings. The fourth-order valence-electron chi connectivity index (χ4n) is 3.74. The van der Waals surface area contributed by atoms with Gasteiger partial charge < -0.3 is 4.74 Å². The first kappa shape index (κ1) is 22.9. The van der Waals surface area contributed by atoms with E-state index in [-0.39, 0.29) is 5.92 Å². The third-order valence-corrected chi connectivity index (χ3v) is 5.57. The van der Waals surface area contributed by atoms with Gasteiger partial charge in [-0.05, 0) is 48.4 Å². The maximum absolute atomic E-state index is 15.1. The molecule has 5 rings (SSSR count). The number of nitriles is 1. The maximum atomic E-state index is 15.1. The third-order valence-electron chi connectivity index (χ3n) is 5.57. The van der Waals surface area contributed by atoms with Crippen molar-refractivity contribution in [3.63, 3.8) is 0 Å². The van der Waals surface area contributed by atoms with Crippen LogP contribution in [0.5, 0.6) is 11.6 Å². The molecule has 0 saturated heterocycles. The Hall–Kier alpha value is -4.84. The molecule has 0 saturated carbocycles. The van der Waals surface area contributed by atoms with E-state index in [1.54, 1.807) is 58.2 Å². The Labute approximate surface area is 207 Å². The number of rotatable bonds is 6. The lowest BCUT2D eigenvalue weighted by Gasteiger charge is -2.11. The van der Waals surface area contributed by atoms with Gasteiger partial charge in [-0.2, -0.15) is 20.4 Å². The lowest BCUT2D eigenvalue weighted by atomic mass is 10.1. The molecule has 0 aliphatic rings. The zero-order chi connectivity index (χ0) is 25.2. The predicted octanol–water partition coefficient (Wildman–Crippen LogP) is 5.66. The summed E-state index contributed by atoms with van der Waals surface area (Å²) in [6.07, 6.45) is 5.08. The molecule has 0 radical (unpaired) electrons. The van der Waals surface area contributed by atoms with Crippen molar-refractivity contribution < 1.29 is 9.13 Å². The van der Waals surface area contributed by atoms with Gasteiger partial charge in [-0.3, -0.25) is 4.68 Å². The minimum absolute atomic E-state index is 0.124. The van der Waals surface area contributed by atoms with Crippen molar-refractivity contribution >= 4 is 0 Å². The van der Waals surface area contributed by atoms with E-state index in [0.717, 1.165) is 11.3 Å². The highest BCUT2D eigenvalue weighted by atomic mass is 19.1. The summed E-state index contributed by atoms with van der Waals surface area (Å²) < 4.78 is 24.5. The number of halogens is 1. The van der Waals surface area contributed by atoms with Crippen molar-refractivity contribution in [1.82, 2.24) is 29.5 Å². The molecule has 0 fully saturated rings. The van der Waals surface area contributed by atoms with Crippen molar-refractivity contribution in [2.45, 2.75) is 19.8 Å². The zero-order valence-electron chi connectivity index (χ0n) is 19.9. The van der Waals surface area contributed by atoms with Crippen LogP contribution < -0.4 is 4.74 Å². The molecule has 0 spiro atoms. The van der Waals surface area contributed by atoms with Crippen LogP contribution in [0.1, 0.15) is 31.0 Å². The molecular weight excluding hydrogens is 457 g/mol. The molecule has 3 aromatic heterocycles. The zero-order valence-corrected chi connectivity index (χ0v) is 19.9. The third kappa shape index (κ3) is 4.57. The number of nitrogens with zero attached hydrogens (tertiary/aromatic N) is 7. The normalized spacial score (nSPS) is 11.0. The van der Waals surface area contributed by atoms with E-state index in [4.69, 9.17) is 9.84 Å². The average molecular weight is 480 g/mol. The fraction of sp³-hybridized carbons (Fsp3) is 0.148. The van der Waals surface area contributed by atoms with Crippen LogP contribution >= 0.6 is 0 Å². The fourth-order valence-corrected chi connectivity index (χ4v) is 3.74. The van der Waals surface area contributed by atoms with Gasteiger partial charge in [0.2, 0.25) is 5.88 Å². The van der Waals surface area contributed by atoms with Gasteiger partial charge in [-0.15, -0.1) is 0 Å². The first-order valence-electron chi connectivity index (χ1n) is 11.3. The van der Waals surface area contributed by atoms with Crippen LogP contribution in [-0.4, -0.2) is 29.5 Å². The van der Waals surface area contributed by atoms with E-state index >= 15 is 4.39 Å². The van der Waals surface area contributed by atoms with Crippen LogP contribution in [0.3, 0.4) is 0 Å². The van der Waals surface area contributed by atoms with Gasteiger partial charge in [0.1, 0.15) is 11.6 Å². The lowest BCUT2D eigenvalue weighted by Crippen LogP contribution is -2.02. The summed E-state index contributed by atoms with van der Waals surface area (Å²) in [4.78, 5) is 8.74. The van der Waals surface area contributed by atoms with Crippen LogP contribution in [0, 0.1) is 17.1 Å². The molecule has 0 bridgehead atoms. The Balaban J connectivity index is 1.54. The highest BCUT2D eigenvalue weighted by molar-refractivity contribution is 5.66. The topological polar surface area (TPSA) is 94.4 Å². The summed E-state index contributed by atoms with van der Waals surface area (Å²) in [5.41, 5.74) is 3.58. The van der Waals surface area contributed by atoms with E-state index in [2.05, 4.69) is 21.1 Å². The average Bonchev–Trinajstić information content (AvgIpc) is 3.52. The summed E-state index contributed by atoms with van der Waals surface area (Å²) in [6.45, 7) is 4.04. The van der Waals surface area contributed by atoms with Crippen LogP contribution in [0.2, 0.25) is 0 Å². The Morgan fingerprint density at radius 2 is 1.94 bits per heavy atom. The van der Waals surface area contributed by atoms with Crippen molar-refractivity contribution in [1.29, 1.82) is 5.26 Å². The summed E-state index contributed by atoms with van der Waals surface area (Å²) in [5.74, 6) is 0.902. The van der Waals surface area contributed by atoms with E-state index in [0.29, 0.717) is 40.0 Å². The quantitative estimate of drug-likeness (QED) is 0.312. The largest absolute Gasteiger partial charge is 0.439 e. The molecule has 0 atom stereocenters. The van der Waals surface area contributed by atoms with Gasteiger partial charge >= 0.3 is 0 Å². The van der Waals surface area contributed by atoms with Gasteiger partial charge in [0, 0.05) is 31.1 Å². The Bertz CT molecular complexity index is 1600. The number of hydrogen-bond acceptors (Lipinski definition) is 6. The molecule has 8 nitrogen and oxygen atoms in total. The van der Waals surface area contributed by atoms with Crippen molar-refractivity contribution in [3.8, 4) is 46.0 Å². The number of hydrogen-bond donors (Lipinski definition) is 0. The molecule has 36 heavy (non-hydrogen) atoms. The molecule has 2 aromatic carbocycles. The molecule has 9 heteroatoms. The van der Waals surface area contributed by atoms with Gasteiger partial charge in [-0.1, -0.05) is 19.9 Å². The predicted molar refractivity (Wildman–Crippen MR) is 132 cm³/mol. The van der Waals surface area contributed by atoms with E-state index in [1.165, 1.54) is 6.07 Å². The minimum Gasteiger partial charge on any atom is -0.439 e. The maximum Gasteiger partial charge on any atom is 0.222 e. The van der Waals surface area contributed by atoms with Crippen molar-refractivity contribution in [3.05, 3.63) is 90.3 Å². The molecule has 178 valence electrons. The van der Waals surface area contributed by atoms with Gasteiger partial charge in [0.15, 0.2) is 5.82 Å². The summed E-state index contributed by atoms with van der Waals surface area (Å²) in [7, 11) is 1.82. The Morgan fingerprint density at radius 1 is 1.08 bits per heavy atom. The summed E-state index contributed by atoms with van der Waals surface area (Å²) >= 11 is 0. The monoisotopic (exact) mass is 479 g/mol. The van der Waals surface area contributed by atoms with Crippen molar-refractivity contribution in [2.75, 3.05) is 0 Å². The minimum atomic E-state index is -0.422. The molecule has 0 N–H and O–H groups in total. The van der Waals surface area contributed by atoms with Gasteiger partial charge in [0.05, 0.1) is 40.5 Å². The molecule has 0 aliphatic heterocycles. The SMILES string of the molecule is CC(C)c1cc(-c2cc(Oc3ccnc(-c4cnn(C)c4)n3)ccc2F)n(-c2cccc(C#N)c2)n1. The second-order valence-corrected chi connectivity index (χ2v) is 8.55. The van der Waals surface area contributed by atoms with E-state index in [1.807, 2.05) is 39.2 Å². The number of ether oxygens (including phenoxy) is 1. The smallest absolute Gasteiger partial charge is 0.222 e. The standard InChI is InChI=1S/C27H22FN7O/c1-17(2)24-13-25(35(33-24)20-6-4-5-18(11-20)14-29)22-12-21(7-8-23(22)28)36-26-9-10-30-27(32-26)19-15-31-34(3)16-19/h4-13,15-17H,1-3H3. The first-order chi connectivity index (χ1) is 17.4. The number of aromatic nitrogens is 6. The van der Waals surface area contributed by atoms with Crippen LogP contribution in [0.25, 0.3) is 28.3 Å². The number of aryl methyl sites for hydroxylation is 1. The number of benzene rings is 2. The Kier molecular flexibility index (Phi) is 6.00. The highest BCUT2D eigenvalue weighted by Crippen LogP contribution is 2.33. The summed E-state index contributed by atoms with van der Waals surface area (Å²) in [5, 5.41) is 18.2.